The molecule has 0 atom stereocenters. The maximum atomic E-state index is 13.3. The van der Waals surface area contributed by atoms with Crippen LogP contribution in [0.4, 0.5) is 10.1 Å². The minimum Gasteiger partial charge on any atom is -0.271 e. The first-order valence-electron chi connectivity index (χ1n) is 4.33. The third-order valence-corrected chi connectivity index (χ3v) is 2.70. The molecule has 0 aliphatic rings. The van der Waals surface area contributed by atoms with Gasteiger partial charge in [0.2, 0.25) is 0 Å². The van der Waals surface area contributed by atoms with Crippen LogP contribution in [0, 0.1) is 15.9 Å². The van der Waals surface area contributed by atoms with Crippen LogP contribution in [-0.4, -0.2) is 15.1 Å². The molecule has 0 saturated carbocycles. The first-order chi connectivity index (χ1) is 8.00. The molecule has 2 aromatic rings. The van der Waals surface area contributed by atoms with Crippen LogP contribution in [-0.2, 0) is 0 Å². The zero-order valence-corrected chi connectivity index (χ0v) is 9.59. The van der Waals surface area contributed by atoms with Gasteiger partial charge in [-0.25, -0.2) is 4.39 Å². The molecule has 8 heteroatoms. The minimum absolute atomic E-state index is 0.0376. The fourth-order valence-corrected chi connectivity index (χ4v) is 1.81. The van der Waals surface area contributed by atoms with Gasteiger partial charge in [-0.15, -0.1) is 0 Å². The number of hydrogen-bond acceptors (Lipinski definition) is 3. The number of rotatable bonds is 2. The van der Waals surface area contributed by atoms with Gasteiger partial charge in [-0.2, -0.15) is 5.10 Å². The summed E-state index contributed by atoms with van der Waals surface area (Å²) in [5, 5.41) is 16.6. The Kier molecular flexibility index (Phi) is 2.99. The normalized spacial score (nSPS) is 10.5. The maximum Gasteiger partial charge on any atom is 0.314 e. The van der Waals surface area contributed by atoms with Crippen LogP contribution >= 0.6 is 23.2 Å². The summed E-state index contributed by atoms with van der Waals surface area (Å²) in [5.41, 5.74) is -0.109. The van der Waals surface area contributed by atoms with Crippen LogP contribution in [0.25, 0.3) is 11.3 Å². The Morgan fingerprint density at radius 3 is 2.71 bits per heavy atom. The minimum atomic E-state index is -0.713. The zero-order chi connectivity index (χ0) is 12.6. The Hall–Kier alpha value is -1.66. The summed E-state index contributed by atoms with van der Waals surface area (Å²) in [6.45, 7) is 0. The molecule has 2 rings (SSSR count). The van der Waals surface area contributed by atoms with Gasteiger partial charge in [-0.3, -0.25) is 15.2 Å². The maximum absolute atomic E-state index is 13.3. The molecule has 0 bridgehead atoms. The van der Waals surface area contributed by atoms with Crippen LogP contribution < -0.4 is 0 Å². The van der Waals surface area contributed by atoms with E-state index in [2.05, 4.69) is 10.2 Å². The topological polar surface area (TPSA) is 71.8 Å². The SMILES string of the molecule is O=[N+]([O-])c1cn[nH]c1-c1cc(F)c(Cl)cc1Cl. The van der Waals surface area contributed by atoms with Crippen molar-refractivity contribution in [3.05, 3.63) is 44.3 Å². The summed E-state index contributed by atoms with van der Waals surface area (Å²) in [4.78, 5) is 10.1. The Labute approximate surface area is 104 Å². The highest BCUT2D eigenvalue weighted by Gasteiger charge is 2.21. The molecular formula is C9H4Cl2FN3O2. The van der Waals surface area contributed by atoms with Crippen LogP contribution in [0.1, 0.15) is 0 Å². The first-order valence-corrected chi connectivity index (χ1v) is 5.09. The Balaban J connectivity index is 2.64. The Morgan fingerprint density at radius 1 is 1.35 bits per heavy atom. The molecular weight excluding hydrogens is 272 g/mol. The van der Waals surface area contributed by atoms with Gasteiger partial charge in [-0.1, -0.05) is 23.2 Å². The second kappa shape index (κ2) is 4.31. The van der Waals surface area contributed by atoms with Gasteiger partial charge in [0, 0.05) is 5.56 Å². The molecule has 0 radical (unpaired) electrons. The van der Waals surface area contributed by atoms with Crippen molar-refractivity contribution in [1.29, 1.82) is 0 Å². The van der Waals surface area contributed by atoms with Crippen LogP contribution in [0.15, 0.2) is 18.3 Å². The molecule has 0 fully saturated rings. The Morgan fingerprint density at radius 2 is 2.06 bits per heavy atom. The molecule has 0 unspecified atom stereocenters. The Bertz CT molecular complexity index is 600. The van der Waals surface area contributed by atoms with Gasteiger partial charge in [0.15, 0.2) is 0 Å². The number of aromatic amines is 1. The number of aromatic nitrogens is 2. The number of nitrogens with one attached hydrogen (secondary N) is 1. The van der Waals surface area contributed by atoms with E-state index in [0.717, 1.165) is 12.3 Å². The molecule has 5 nitrogen and oxygen atoms in total. The molecule has 1 aromatic carbocycles. The number of nitrogens with zero attached hydrogens (tertiary/aromatic N) is 2. The van der Waals surface area contributed by atoms with Crippen molar-refractivity contribution in [3.63, 3.8) is 0 Å². The molecule has 0 aliphatic heterocycles. The van der Waals surface area contributed by atoms with E-state index in [1.54, 1.807) is 0 Å². The summed E-state index contributed by atoms with van der Waals surface area (Å²) < 4.78 is 13.3. The summed E-state index contributed by atoms with van der Waals surface area (Å²) >= 11 is 11.4. The highest BCUT2D eigenvalue weighted by molar-refractivity contribution is 6.36. The van der Waals surface area contributed by atoms with Gasteiger partial charge in [0.25, 0.3) is 0 Å². The average Bonchev–Trinajstić information content (AvgIpc) is 2.72. The average molecular weight is 276 g/mol. The molecule has 1 aromatic heterocycles. The smallest absolute Gasteiger partial charge is 0.271 e. The highest BCUT2D eigenvalue weighted by atomic mass is 35.5. The monoisotopic (exact) mass is 275 g/mol. The van der Waals surface area contributed by atoms with Gasteiger partial charge in [-0.05, 0) is 12.1 Å². The zero-order valence-electron chi connectivity index (χ0n) is 8.08. The fraction of sp³-hybridized carbons (Fsp3) is 0. The van der Waals surface area contributed by atoms with E-state index >= 15 is 0 Å². The standard InChI is InChI=1S/C9H4Cl2FN3O2/c10-5-2-6(11)7(12)1-4(5)9-8(15(16)17)3-13-14-9/h1-3H,(H,13,14). The van der Waals surface area contributed by atoms with Crippen LogP contribution in [0.3, 0.4) is 0 Å². The van der Waals surface area contributed by atoms with Crippen molar-refractivity contribution in [2.75, 3.05) is 0 Å². The quantitative estimate of drug-likeness (QED) is 0.518. The number of halogens is 3. The van der Waals surface area contributed by atoms with Crippen LogP contribution in [0.5, 0.6) is 0 Å². The lowest BCUT2D eigenvalue weighted by Crippen LogP contribution is -1.91. The van der Waals surface area contributed by atoms with E-state index in [0.29, 0.717) is 0 Å². The molecule has 1 N–H and O–H groups in total. The van der Waals surface area contributed by atoms with Crippen molar-refractivity contribution in [1.82, 2.24) is 10.2 Å². The number of benzene rings is 1. The molecule has 88 valence electrons. The summed E-state index contributed by atoms with van der Waals surface area (Å²) in [5.74, 6) is -0.713. The first kappa shape index (κ1) is 11.8. The van der Waals surface area contributed by atoms with Crippen molar-refractivity contribution >= 4 is 28.9 Å². The number of nitro groups is 1. The summed E-state index contributed by atoms with van der Waals surface area (Å²) in [7, 11) is 0. The van der Waals surface area contributed by atoms with E-state index < -0.39 is 10.7 Å². The lowest BCUT2D eigenvalue weighted by atomic mass is 10.1. The fourth-order valence-electron chi connectivity index (χ4n) is 1.33. The molecule has 0 amide bonds. The molecule has 0 spiro atoms. The highest BCUT2D eigenvalue weighted by Crippen LogP contribution is 2.35. The van der Waals surface area contributed by atoms with Gasteiger partial charge in [0.1, 0.15) is 17.7 Å². The van der Waals surface area contributed by atoms with Crippen molar-refractivity contribution in [3.8, 4) is 11.3 Å². The van der Waals surface area contributed by atoms with E-state index in [9.17, 15) is 14.5 Å². The van der Waals surface area contributed by atoms with Crippen molar-refractivity contribution < 1.29 is 9.31 Å². The number of hydrogen-bond donors (Lipinski definition) is 1. The van der Waals surface area contributed by atoms with E-state index in [1.165, 1.54) is 6.07 Å². The number of H-pyrrole nitrogens is 1. The second-order valence-corrected chi connectivity index (χ2v) is 3.95. The van der Waals surface area contributed by atoms with Gasteiger partial charge < -0.3 is 0 Å². The van der Waals surface area contributed by atoms with Crippen LogP contribution in [0.2, 0.25) is 10.0 Å². The van der Waals surface area contributed by atoms with E-state index in [4.69, 9.17) is 23.2 Å². The molecule has 1 heterocycles. The second-order valence-electron chi connectivity index (χ2n) is 3.13. The van der Waals surface area contributed by atoms with E-state index in [-0.39, 0.29) is 27.0 Å². The third kappa shape index (κ3) is 2.09. The van der Waals surface area contributed by atoms with Crippen molar-refractivity contribution in [2.45, 2.75) is 0 Å². The lowest BCUT2D eigenvalue weighted by molar-refractivity contribution is -0.384. The predicted molar refractivity (Wildman–Crippen MR) is 60.7 cm³/mol. The lowest BCUT2D eigenvalue weighted by Gasteiger charge is -2.03. The summed E-state index contributed by atoms with van der Waals surface area (Å²) in [6, 6.07) is 2.20. The van der Waals surface area contributed by atoms with E-state index in [1.807, 2.05) is 0 Å². The summed E-state index contributed by atoms with van der Waals surface area (Å²) in [6.07, 6.45) is 1.03. The van der Waals surface area contributed by atoms with Gasteiger partial charge in [0.05, 0.1) is 15.0 Å². The van der Waals surface area contributed by atoms with Crippen molar-refractivity contribution in [2.24, 2.45) is 0 Å². The predicted octanol–water partition coefficient (Wildman–Crippen LogP) is 3.43. The largest absolute Gasteiger partial charge is 0.314 e. The molecule has 0 aliphatic carbocycles. The molecule has 0 saturated heterocycles. The van der Waals surface area contributed by atoms with Gasteiger partial charge >= 0.3 is 5.69 Å². The molecule has 17 heavy (non-hydrogen) atoms. The third-order valence-electron chi connectivity index (χ3n) is 2.10.